The summed E-state index contributed by atoms with van der Waals surface area (Å²) >= 11 is 0. The second kappa shape index (κ2) is 3.04. The van der Waals surface area contributed by atoms with Crippen molar-refractivity contribution in [2.24, 2.45) is 0 Å². The molecule has 0 amide bonds. The molecule has 3 heteroatoms. The van der Waals surface area contributed by atoms with E-state index in [1.807, 2.05) is 12.1 Å². The molecule has 0 spiro atoms. The molecule has 0 radical (unpaired) electrons. The average Bonchev–Trinajstić information content (AvgIpc) is 2.79. The maximum Gasteiger partial charge on any atom is 0.123 e. The van der Waals surface area contributed by atoms with Gasteiger partial charge in [0.1, 0.15) is 5.82 Å². The summed E-state index contributed by atoms with van der Waals surface area (Å²) in [6.45, 7) is 2.97. The van der Waals surface area contributed by atoms with Gasteiger partial charge in [-0.3, -0.25) is 4.90 Å². The number of fused-ring (bicyclic) bond motifs is 1. The van der Waals surface area contributed by atoms with Gasteiger partial charge in [0.05, 0.1) is 12.2 Å². The van der Waals surface area contributed by atoms with E-state index in [-0.39, 0.29) is 5.82 Å². The fourth-order valence-electron chi connectivity index (χ4n) is 2.06. The Bertz CT molecular complexity index is 328. The fourth-order valence-corrected chi connectivity index (χ4v) is 2.06. The first-order chi connectivity index (χ1) is 6.81. The summed E-state index contributed by atoms with van der Waals surface area (Å²) in [4.78, 5) is 2.35. The van der Waals surface area contributed by atoms with E-state index in [1.54, 1.807) is 0 Å². The van der Waals surface area contributed by atoms with Gasteiger partial charge >= 0.3 is 0 Å². The minimum atomic E-state index is -0.165. The third-order valence-corrected chi connectivity index (χ3v) is 2.88. The molecule has 2 unspecified atom stereocenters. The zero-order valence-electron chi connectivity index (χ0n) is 7.82. The highest BCUT2D eigenvalue weighted by Crippen LogP contribution is 2.31. The Morgan fingerprint density at radius 1 is 1.21 bits per heavy atom. The molecule has 1 aromatic carbocycles. The van der Waals surface area contributed by atoms with Crippen LogP contribution in [0.5, 0.6) is 0 Å². The predicted octanol–water partition coefficient (Wildman–Crippen LogP) is 1.41. The lowest BCUT2D eigenvalue weighted by Crippen LogP contribution is -2.23. The molecule has 1 aromatic rings. The lowest BCUT2D eigenvalue weighted by Gasteiger charge is -2.16. The normalized spacial score (nSPS) is 30.4. The summed E-state index contributed by atoms with van der Waals surface area (Å²) in [6, 6.07) is 6.73. The summed E-state index contributed by atoms with van der Waals surface area (Å²) in [6.07, 6.45) is 0.964. The molecule has 0 aliphatic carbocycles. The van der Waals surface area contributed by atoms with E-state index in [1.165, 1.54) is 17.7 Å². The maximum absolute atomic E-state index is 12.6. The van der Waals surface area contributed by atoms with Gasteiger partial charge in [0.15, 0.2) is 0 Å². The van der Waals surface area contributed by atoms with Crippen LogP contribution in [0.3, 0.4) is 0 Å². The van der Waals surface area contributed by atoms with Crippen molar-refractivity contribution >= 4 is 0 Å². The molecular formula is C11H12FNO. The smallest absolute Gasteiger partial charge is 0.123 e. The highest BCUT2D eigenvalue weighted by molar-refractivity contribution is 5.16. The second-order valence-corrected chi connectivity index (χ2v) is 4.03. The molecule has 0 saturated carbocycles. The van der Waals surface area contributed by atoms with E-state index in [0.717, 1.165) is 19.6 Å². The molecule has 0 aromatic heterocycles. The van der Waals surface area contributed by atoms with Gasteiger partial charge < -0.3 is 4.74 Å². The van der Waals surface area contributed by atoms with Crippen LogP contribution >= 0.6 is 0 Å². The Morgan fingerprint density at radius 2 is 1.86 bits per heavy atom. The lowest BCUT2D eigenvalue weighted by molar-refractivity contribution is 0.198. The van der Waals surface area contributed by atoms with Crippen molar-refractivity contribution in [1.82, 2.24) is 4.90 Å². The lowest BCUT2D eigenvalue weighted by atomic mass is 10.2. The van der Waals surface area contributed by atoms with Crippen molar-refractivity contribution in [2.75, 3.05) is 13.1 Å². The third kappa shape index (κ3) is 1.53. The quantitative estimate of drug-likeness (QED) is 0.660. The number of hydrogen-bond acceptors (Lipinski definition) is 2. The standard InChI is InChI=1S/C11H12FNO/c12-9-3-1-8(2-4-9)5-13-6-10-11(7-13)14-10/h1-4,10-11H,5-7H2. The summed E-state index contributed by atoms with van der Waals surface area (Å²) in [5.74, 6) is -0.165. The number of rotatable bonds is 2. The minimum Gasteiger partial charge on any atom is -0.367 e. The summed E-state index contributed by atoms with van der Waals surface area (Å²) in [7, 11) is 0. The molecular weight excluding hydrogens is 181 g/mol. The molecule has 2 nitrogen and oxygen atoms in total. The topological polar surface area (TPSA) is 15.8 Å². The molecule has 0 N–H and O–H groups in total. The number of benzene rings is 1. The average molecular weight is 193 g/mol. The van der Waals surface area contributed by atoms with E-state index in [2.05, 4.69) is 4.90 Å². The zero-order chi connectivity index (χ0) is 9.54. The third-order valence-electron chi connectivity index (χ3n) is 2.88. The summed E-state index contributed by atoms with van der Waals surface area (Å²) < 4.78 is 18.0. The number of nitrogens with zero attached hydrogens (tertiary/aromatic N) is 1. The zero-order valence-corrected chi connectivity index (χ0v) is 7.82. The molecule has 2 aliphatic heterocycles. The van der Waals surface area contributed by atoms with Crippen LogP contribution in [0.15, 0.2) is 24.3 Å². The van der Waals surface area contributed by atoms with Crippen LogP contribution in [0.25, 0.3) is 0 Å². The molecule has 2 saturated heterocycles. The number of epoxide rings is 1. The Kier molecular flexibility index (Phi) is 1.82. The Labute approximate surface area is 82.3 Å². The Morgan fingerprint density at radius 3 is 2.50 bits per heavy atom. The van der Waals surface area contributed by atoms with Crippen molar-refractivity contribution in [1.29, 1.82) is 0 Å². The largest absolute Gasteiger partial charge is 0.367 e. The van der Waals surface area contributed by atoms with Crippen molar-refractivity contribution in [3.63, 3.8) is 0 Å². The van der Waals surface area contributed by atoms with Crippen molar-refractivity contribution in [2.45, 2.75) is 18.8 Å². The molecule has 2 heterocycles. The molecule has 2 aliphatic rings. The van der Waals surface area contributed by atoms with E-state index in [9.17, 15) is 4.39 Å². The molecule has 74 valence electrons. The number of halogens is 1. The van der Waals surface area contributed by atoms with Gasteiger partial charge in [-0.1, -0.05) is 12.1 Å². The van der Waals surface area contributed by atoms with Crippen molar-refractivity contribution in [3.05, 3.63) is 35.6 Å². The van der Waals surface area contributed by atoms with E-state index in [4.69, 9.17) is 4.74 Å². The summed E-state index contributed by atoms with van der Waals surface area (Å²) in [5.41, 5.74) is 1.17. The van der Waals surface area contributed by atoms with Crippen LogP contribution in [0.1, 0.15) is 5.56 Å². The molecule has 3 rings (SSSR count). The molecule has 0 bridgehead atoms. The van der Waals surface area contributed by atoms with Gasteiger partial charge in [-0.15, -0.1) is 0 Å². The first-order valence-corrected chi connectivity index (χ1v) is 4.93. The molecule has 14 heavy (non-hydrogen) atoms. The SMILES string of the molecule is Fc1ccc(CN2CC3OC3C2)cc1. The number of morpholine rings is 1. The van der Waals surface area contributed by atoms with Gasteiger partial charge in [0.25, 0.3) is 0 Å². The van der Waals surface area contributed by atoms with Crippen LogP contribution in [0, 0.1) is 5.82 Å². The number of ether oxygens (including phenoxy) is 1. The van der Waals surface area contributed by atoms with Gasteiger partial charge in [0, 0.05) is 19.6 Å². The van der Waals surface area contributed by atoms with Crippen LogP contribution < -0.4 is 0 Å². The van der Waals surface area contributed by atoms with E-state index in [0.29, 0.717) is 12.2 Å². The van der Waals surface area contributed by atoms with E-state index >= 15 is 0 Å². The molecule has 2 fully saturated rings. The molecule has 2 atom stereocenters. The second-order valence-electron chi connectivity index (χ2n) is 4.03. The summed E-state index contributed by atoms with van der Waals surface area (Å²) in [5, 5.41) is 0. The van der Waals surface area contributed by atoms with Crippen LogP contribution in [0.2, 0.25) is 0 Å². The van der Waals surface area contributed by atoms with Gasteiger partial charge in [-0.2, -0.15) is 0 Å². The fraction of sp³-hybridized carbons (Fsp3) is 0.455. The van der Waals surface area contributed by atoms with Crippen LogP contribution in [0.4, 0.5) is 4.39 Å². The predicted molar refractivity (Wildman–Crippen MR) is 50.3 cm³/mol. The van der Waals surface area contributed by atoms with Gasteiger partial charge in [-0.25, -0.2) is 4.39 Å². The minimum absolute atomic E-state index is 0.165. The van der Waals surface area contributed by atoms with Gasteiger partial charge in [0.2, 0.25) is 0 Å². The highest BCUT2D eigenvalue weighted by atomic mass is 19.1. The van der Waals surface area contributed by atoms with Crippen molar-refractivity contribution < 1.29 is 9.13 Å². The highest BCUT2D eigenvalue weighted by Gasteiger charge is 2.46. The number of hydrogen-bond donors (Lipinski definition) is 0. The Balaban J connectivity index is 1.64. The van der Waals surface area contributed by atoms with Gasteiger partial charge in [-0.05, 0) is 17.7 Å². The Hall–Kier alpha value is -0.930. The first kappa shape index (κ1) is 8.38. The number of likely N-dealkylation sites (tertiary alicyclic amines) is 1. The maximum atomic E-state index is 12.6. The first-order valence-electron chi connectivity index (χ1n) is 4.93. The van der Waals surface area contributed by atoms with Crippen LogP contribution in [-0.4, -0.2) is 30.2 Å². The van der Waals surface area contributed by atoms with Crippen molar-refractivity contribution in [3.8, 4) is 0 Å². The van der Waals surface area contributed by atoms with E-state index < -0.39 is 0 Å². The monoisotopic (exact) mass is 193 g/mol. The van der Waals surface area contributed by atoms with Crippen LogP contribution in [-0.2, 0) is 11.3 Å².